The molecule has 0 fully saturated rings. The van der Waals surface area contributed by atoms with Crippen molar-refractivity contribution in [2.75, 3.05) is 90.8 Å². The molecule has 2 amide bonds. The quantitative estimate of drug-likeness (QED) is 0.00619. The third kappa shape index (κ3) is 19.6. The molecule has 0 aliphatic carbocycles. The average Bonchev–Trinajstić information content (AvgIpc) is 3.67. The van der Waals surface area contributed by atoms with Crippen molar-refractivity contribution < 1.29 is 86.9 Å². The molecule has 78 heavy (non-hydrogen) atoms. The zero-order valence-electron chi connectivity index (χ0n) is 44.8. The number of aryl methyl sites for hydroxylation is 3. The Labute approximate surface area is 455 Å². The second-order valence-corrected chi connectivity index (χ2v) is 25.5. The molecule has 7 N–H and O–H groups in total. The van der Waals surface area contributed by atoms with E-state index in [4.69, 9.17) is 14.1 Å². The predicted molar refractivity (Wildman–Crippen MR) is 291 cm³/mol. The molecule has 0 radical (unpaired) electrons. The fraction of sp³-hybridized carbons (Fsp3) is 0.481. The Balaban J connectivity index is 1.16. The van der Waals surface area contributed by atoms with Crippen LogP contribution in [0.3, 0.4) is 0 Å². The Bertz CT molecular complexity index is 3190. The molecular weight excluding hydrogens is 1070 g/mol. The van der Waals surface area contributed by atoms with Gasteiger partial charge in [0, 0.05) is 87.9 Å². The number of para-hydroxylation sites is 2. The first-order chi connectivity index (χ1) is 36.6. The van der Waals surface area contributed by atoms with Crippen molar-refractivity contribution >= 4 is 75.8 Å². The number of aromatic nitrogens is 2. The van der Waals surface area contributed by atoms with Gasteiger partial charge in [-0.1, -0.05) is 24.3 Å². The lowest BCUT2D eigenvalue weighted by Crippen LogP contribution is -2.48. The minimum Gasteiger partial charge on any atom is -0.492 e. The highest BCUT2D eigenvalue weighted by Crippen LogP contribution is 2.30. The number of pyridine rings is 1. The van der Waals surface area contributed by atoms with Gasteiger partial charge in [0.2, 0.25) is 38.7 Å². The van der Waals surface area contributed by atoms with Crippen molar-refractivity contribution in [3.8, 4) is 17.5 Å². The summed E-state index contributed by atoms with van der Waals surface area (Å²) in [5.41, 5.74) is 3.10. The fourth-order valence-electron chi connectivity index (χ4n) is 9.28. The van der Waals surface area contributed by atoms with E-state index in [1.807, 2.05) is 50.0 Å². The van der Waals surface area contributed by atoms with Crippen LogP contribution in [0.4, 0.5) is 0 Å². The van der Waals surface area contributed by atoms with Crippen molar-refractivity contribution in [2.24, 2.45) is 0 Å². The lowest BCUT2D eigenvalue weighted by Gasteiger charge is -2.35. The molecule has 26 heteroatoms. The number of rotatable bonds is 32. The van der Waals surface area contributed by atoms with Gasteiger partial charge < -0.3 is 39.4 Å². The van der Waals surface area contributed by atoms with E-state index in [1.54, 1.807) is 50.2 Å². The van der Waals surface area contributed by atoms with E-state index in [0.29, 0.717) is 116 Å². The highest BCUT2D eigenvalue weighted by Gasteiger charge is 2.28. The molecule has 0 aliphatic rings. The first-order valence-electron chi connectivity index (χ1n) is 25.6. The Morgan fingerprint density at radius 1 is 0.628 bits per heavy atom. The predicted octanol–water partition coefficient (Wildman–Crippen LogP) is 3.17. The fourth-order valence-corrected chi connectivity index (χ4v) is 11.3. The molecule has 1 atom stereocenters. The number of hydrogen-bond acceptors (Lipinski definition) is 14. The van der Waals surface area contributed by atoms with Gasteiger partial charge in [0.05, 0.1) is 94.0 Å². The average molecular weight is 1150 g/mol. The summed E-state index contributed by atoms with van der Waals surface area (Å²) in [5, 5.41) is 26.2. The van der Waals surface area contributed by atoms with E-state index in [0.717, 1.165) is 12.1 Å². The Kier molecular flexibility index (Phi) is 22.1. The van der Waals surface area contributed by atoms with E-state index in [-0.39, 0.29) is 80.7 Å². The van der Waals surface area contributed by atoms with Crippen LogP contribution in [-0.2, 0) is 46.4 Å². The largest absolute Gasteiger partial charge is 0.492 e. The molecule has 5 rings (SSSR count). The zero-order valence-corrected chi connectivity index (χ0v) is 47.2. The highest BCUT2D eigenvalue weighted by atomic mass is 32.2. The van der Waals surface area contributed by atoms with Crippen LogP contribution in [0, 0.1) is 13.8 Å². The monoisotopic (exact) mass is 1150 g/mol. The van der Waals surface area contributed by atoms with Gasteiger partial charge in [-0.3, -0.25) is 18.7 Å². The number of nitrogens with one attached hydrogen (secondary N) is 3. The Hall–Kier alpha value is -6.26. The minimum atomic E-state index is -4.19. The van der Waals surface area contributed by atoms with Crippen LogP contribution in [0.15, 0.2) is 72.8 Å². The maximum atomic E-state index is 14.4. The number of quaternary nitrogens is 2. The number of likely N-dealkylation sites (N-methyl/N-ethyl adjacent to an activating group) is 1. The van der Waals surface area contributed by atoms with Gasteiger partial charge in [-0.2, -0.15) is 21.4 Å². The number of benzene rings is 3. The van der Waals surface area contributed by atoms with Gasteiger partial charge in [-0.05, 0) is 55.7 Å². The first kappa shape index (κ1) is 62.6. The minimum absolute atomic E-state index is 0.0212. The summed E-state index contributed by atoms with van der Waals surface area (Å²) in [7, 11) is -6.34. The van der Waals surface area contributed by atoms with Crippen molar-refractivity contribution in [1.82, 2.24) is 20.1 Å². The van der Waals surface area contributed by atoms with Gasteiger partial charge in [-0.15, -0.1) is 4.73 Å². The van der Waals surface area contributed by atoms with Crippen LogP contribution in [-0.4, -0.2) is 173 Å². The van der Waals surface area contributed by atoms with Gasteiger partial charge in [-0.25, -0.2) is 22.7 Å². The van der Waals surface area contributed by atoms with E-state index < -0.39 is 59.7 Å². The Morgan fingerprint density at radius 3 is 1.72 bits per heavy atom. The van der Waals surface area contributed by atoms with Crippen molar-refractivity contribution in [3.05, 3.63) is 95.1 Å². The molecule has 0 spiro atoms. The highest BCUT2D eigenvalue weighted by molar-refractivity contribution is 7.89. The number of esters is 1. The van der Waals surface area contributed by atoms with Crippen LogP contribution < -0.4 is 29.5 Å². The molecule has 5 aromatic rings. The maximum Gasteiger partial charge on any atom is 0.345 e. The summed E-state index contributed by atoms with van der Waals surface area (Å²) in [6.07, 6.45) is 1.71. The summed E-state index contributed by atoms with van der Waals surface area (Å²) >= 11 is 0. The molecule has 0 bridgehead atoms. The van der Waals surface area contributed by atoms with Crippen LogP contribution in [0.25, 0.3) is 21.8 Å². The van der Waals surface area contributed by atoms with Crippen LogP contribution in [0.2, 0.25) is 0 Å². The maximum absolute atomic E-state index is 14.4. The van der Waals surface area contributed by atoms with Gasteiger partial charge in [0.1, 0.15) is 5.75 Å². The molecule has 0 saturated heterocycles. The summed E-state index contributed by atoms with van der Waals surface area (Å²) in [6, 6.07) is 20.1. The molecule has 2 aromatic heterocycles. The van der Waals surface area contributed by atoms with Gasteiger partial charge in [0.15, 0.2) is 6.54 Å². The number of nitrogens with zero attached hydrogens (tertiary/aromatic N) is 4. The molecule has 2 heterocycles. The van der Waals surface area contributed by atoms with Crippen LogP contribution in [0.1, 0.15) is 83.2 Å². The number of ether oxygens (including phenoxy) is 1. The molecule has 1 unspecified atom stereocenters. The Morgan fingerprint density at radius 2 is 1.15 bits per heavy atom. The second kappa shape index (κ2) is 27.6. The molecule has 3 aromatic carbocycles. The van der Waals surface area contributed by atoms with E-state index in [2.05, 4.69) is 15.4 Å². The molecule has 0 saturated carbocycles. The smallest absolute Gasteiger partial charge is 0.345 e. The van der Waals surface area contributed by atoms with Gasteiger partial charge in [0.25, 0.3) is 26.1 Å². The van der Waals surface area contributed by atoms with E-state index in [9.17, 15) is 59.2 Å². The van der Waals surface area contributed by atoms with E-state index in [1.165, 1.54) is 0 Å². The number of carbonyl (C=O) groups excluding carboxylic acids is 4. The summed E-state index contributed by atoms with van der Waals surface area (Å²) < 4.78 is 102. The number of sulfonamides is 1. The SMILES string of the molecule is Cc1cc(C(=O)NCCC[N+](C)(CCCNC(=O)CCCC(=O)On2c(O)ccc2O)CCCS(=O)(=O)O)cc(C)c1OC(=O)c1c2ccccc2[n+](CCCS(=O)(=O)NCC[N+](C)(C)CCCS(=O)(=O)O)c2ccccc12. The van der Waals surface area contributed by atoms with Crippen LogP contribution in [0.5, 0.6) is 17.5 Å². The van der Waals surface area contributed by atoms with Crippen molar-refractivity contribution in [1.29, 1.82) is 0 Å². The number of fused-ring (bicyclic) bond motifs is 2. The number of carbonyl (C=O) groups is 4. The molecular formula is C52H74N7O16S3+3. The molecule has 0 aliphatic heterocycles. The summed E-state index contributed by atoms with van der Waals surface area (Å²) in [6.45, 7) is 6.76. The topological polar surface area (TPSA) is 315 Å². The first-order valence-corrected chi connectivity index (χ1v) is 30.5. The number of amides is 2. The van der Waals surface area contributed by atoms with Crippen molar-refractivity contribution in [2.45, 2.75) is 71.8 Å². The normalized spacial score (nSPS) is 13.1. The molecule has 428 valence electrons. The summed E-state index contributed by atoms with van der Waals surface area (Å²) in [5.74, 6) is -3.65. The number of aromatic hydroxyl groups is 2. The molecule has 23 nitrogen and oxygen atoms in total. The van der Waals surface area contributed by atoms with Gasteiger partial charge >= 0.3 is 11.9 Å². The third-order valence-corrected chi connectivity index (χ3v) is 16.4. The lowest BCUT2D eigenvalue weighted by molar-refractivity contribution is -0.909. The van der Waals surface area contributed by atoms with E-state index >= 15 is 0 Å². The van der Waals surface area contributed by atoms with Crippen molar-refractivity contribution in [3.63, 3.8) is 0 Å². The second-order valence-electron chi connectivity index (χ2n) is 20.4. The van der Waals surface area contributed by atoms with Crippen LogP contribution >= 0.6 is 0 Å². The standard InChI is InChI=1S/C52H71N7O16S3/c1-38-36-40(51(64)54-25-12-30-59(5,31-15-35-78(71,72)73)29-11-24-53-45(60)20-10-21-48(63)75-57-46(61)22-23-47(57)62)37-39(2)50(38)74-52(65)49-41-16-6-8-18-43(41)56(44-19-9-7-17-42(44)49)27-13-33-76(66,67)55-26-32-58(3,4)28-14-34-77(68,69)70/h6-9,16-19,22-23,36-37,55H,10-15,20-21,24-35H2,1-5H3,(H3-2,53,54,60,64,65,68,69,70,71,72,73)/p+3. The zero-order chi connectivity index (χ0) is 57.5. The number of hydrogen-bond donors (Lipinski definition) is 7. The third-order valence-electron chi connectivity index (χ3n) is 13.3. The summed E-state index contributed by atoms with van der Waals surface area (Å²) in [4.78, 5) is 57.4. The lowest BCUT2D eigenvalue weighted by atomic mass is 10.0.